The zero-order chi connectivity index (χ0) is 20.9. The van der Waals surface area contributed by atoms with Crippen LogP contribution in [0.4, 0.5) is 0 Å². The van der Waals surface area contributed by atoms with Gasteiger partial charge < -0.3 is 15.3 Å². The Kier molecular flexibility index (Phi) is 6.42. The van der Waals surface area contributed by atoms with Crippen LogP contribution in [0.5, 0.6) is 0 Å². The molecule has 0 aliphatic carbocycles. The van der Waals surface area contributed by atoms with E-state index in [0.717, 1.165) is 43.6 Å². The van der Waals surface area contributed by atoms with E-state index in [1.807, 2.05) is 30.3 Å². The second-order valence-electron chi connectivity index (χ2n) is 7.97. The van der Waals surface area contributed by atoms with Crippen LogP contribution in [0.1, 0.15) is 16.1 Å². The lowest BCUT2D eigenvalue weighted by molar-refractivity contribution is 0.0919. The van der Waals surface area contributed by atoms with Crippen LogP contribution in [0.2, 0.25) is 0 Å². The highest BCUT2D eigenvalue weighted by Gasteiger charge is 2.25. The van der Waals surface area contributed by atoms with E-state index in [4.69, 9.17) is 0 Å². The second kappa shape index (κ2) is 9.38. The van der Waals surface area contributed by atoms with E-state index in [-0.39, 0.29) is 18.6 Å². The number of aliphatic hydroxyl groups is 1. The van der Waals surface area contributed by atoms with Gasteiger partial charge in [0.25, 0.3) is 5.91 Å². The quantitative estimate of drug-likeness (QED) is 0.649. The average molecular weight is 408 g/mol. The van der Waals surface area contributed by atoms with E-state index in [1.54, 1.807) is 4.68 Å². The maximum Gasteiger partial charge on any atom is 0.272 e. The molecule has 1 fully saturated rings. The molecule has 4 rings (SSSR count). The summed E-state index contributed by atoms with van der Waals surface area (Å²) in [5, 5.41) is 17.8. The van der Waals surface area contributed by atoms with Gasteiger partial charge in [0.15, 0.2) is 5.69 Å². The number of aromatic nitrogens is 2. The molecular formula is C23H29N5O2. The number of rotatable bonds is 6. The van der Waals surface area contributed by atoms with Crippen LogP contribution in [0, 0.1) is 0 Å². The Morgan fingerprint density at radius 2 is 1.87 bits per heavy atom. The van der Waals surface area contributed by atoms with E-state index in [2.05, 4.69) is 51.5 Å². The number of carbonyl (C=O) groups is 1. The van der Waals surface area contributed by atoms with E-state index in [9.17, 15) is 9.90 Å². The molecule has 0 bridgehead atoms. The molecule has 1 atom stereocenters. The number of likely N-dealkylation sites (N-methyl/N-ethyl adjacent to an activating group) is 1. The zero-order valence-corrected chi connectivity index (χ0v) is 17.4. The van der Waals surface area contributed by atoms with E-state index >= 15 is 0 Å². The molecule has 7 nitrogen and oxygen atoms in total. The van der Waals surface area contributed by atoms with E-state index in [0.29, 0.717) is 12.2 Å². The molecule has 1 aliphatic rings. The molecule has 30 heavy (non-hydrogen) atoms. The van der Waals surface area contributed by atoms with Crippen LogP contribution in [0.25, 0.3) is 10.9 Å². The Balaban J connectivity index is 1.50. The fourth-order valence-electron chi connectivity index (χ4n) is 4.13. The summed E-state index contributed by atoms with van der Waals surface area (Å²) in [7, 11) is 2.09. The minimum atomic E-state index is -0.164. The topological polar surface area (TPSA) is 73.6 Å². The van der Waals surface area contributed by atoms with Crippen molar-refractivity contribution in [2.75, 3.05) is 39.8 Å². The average Bonchev–Trinajstić information content (AvgIpc) is 3.02. The molecule has 2 aromatic carbocycles. The van der Waals surface area contributed by atoms with Crippen molar-refractivity contribution in [3.8, 4) is 0 Å². The summed E-state index contributed by atoms with van der Waals surface area (Å²) in [6, 6.07) is 18.1. The maximum atomic E-state index is 13.1. The summed E-state index contributed by atoms with van der Waals surface area (Å²) in [6.07, 6.45) is 0. The molecule has 158 valence electrons. The number of benzene rings is 2. The summed E-state index contributed by atoms with van der Waals surface area (Å²) in [5.41, 5.74) is 2.56. The predicted octanol–water partition coefficient (Wildman–Crippen LogP) is 1.57. The highest BCUT2D eigenvalue weighted by Crippen LogP contribution is 2.19. The third kappa shape index (κ3) is 4.70. The molecule has 2 heterocycles. The fraction of sp³-hybridized carbons (Fsp3) is 0.391. The summed E-state index contributed by atoms with van der Waals surface area (Å²) in [4.78, 5) is 17.8. The number of hydrogen-bond donors (Lipinski definition) is 2. The molecule has 1 saturated heterocycles. The number of para-hydroxylation sites is 1. The van der Waals surface area contributed by atoms with Gasteiger partial charge in [-0.1, -0.05) is 48.5 Å². The van der Waals surface area contributed by atoms with Crippen LogP contribution in [0.3, 0.4) is 0 Å². The molecule has 1 aromatic heterocycles. The van der Waals surface area contributed by atoms with Crippen molar-refractivity contribution < 1.29 is 9.90 Å². The smallest absolute Gasteiger partial charge is 0.272 e. The third-order valence-corrected chi connectivity index (χ3v) is 5.58. The number of amides is 1. The fourth-order valence-corrected chi connectivity index (χ4v) is 4.13. The van der Waals surface area contributed by atoms with Crippen molar-refractivity contribution in [2.45, 2.75) is 19.1 Å². The molecule has 2 N–H and O–H groups in total. The lowest BCUT2D eigenvalue weighted by atomic mass is 10.1. The Bertz CT molecular complexity index is 988. The van der Waals surface area contributed by atoms with Gasteiger partial charge in [0.1, 0.15) is 0 Å². The Morgan fingerprint density at radius 3 is 2.67 bits per heavy atom. The Hall–Kier alpha value is -2.74. The molecule has 0 radical (unpaired) electrons. The van der Waals surface area contributed by atoms with Gasteiger partial charge in [-0.15, -0.1) is 0 Å². The zero-order valence-electron chi connectivity index (χ0n) is 17.4. The summed E-state index contributed by atoms with van der Waals surface area (Å²) in [5.74, 6) is -0.164. The van der Waals surface area contributed by atoms with Crippen molar-refractivity contribution in [3.05, 3.63) is 65.9 Å². The van der Waals surface area contributed by atoms with Gasteiger partial charge >= 0.3 is 0 Å². The van der Waals surface area contributed by atoms with Gasteiger partial charge in [0.05, 0.1) is 24.7 Å². The van der Waals surface area contributed by atoms with Crippen LogP contribution in [-0.2, 0) is 13.1 Å². The van der Waals surface area contributed by atoms with E-state index < -0.39 is 0 Å². The highest BCUT2D eigenvalue weighted by atomic mass is 16.3. The minimum absolute atomic E-state index is 0.00969. The molecule has 7 heteroatoms. The van der Waals surface area contributed by atoms with Crippen molar-refractivity contribution in [3.63, 3.8) is 0 Å². The monoisotopic (exact) mass is 407 g/mol. The lowest BCUT2D eigenvalue weighted by Gasteiger charge is -2.24. The van der Waals surface area contributed by atoms with Gasteiger partial charge in [0, 0.05) is 38.1 Å². The minimum Gasteiger partial charge on any atom is -0.394 e. The molecule has 1 aliphatic heterocycles. The molecule has 3 aromatic rings. The highest BCUT2D eigenvalue weighted by molar-refractivity contribution is 6.05. The summed E-state index contributed by atoms with van der Waals surface area (Å²) < 4.78 is 1.70. The normalized spacial score (nSPS) is 18.4. The number of nitrogens with one attached hydrogen (secondary N) is 1. The van der Waals surface area contributed by atoms with E-state index in [1.165, 1.54) is 5.56 Å². The first-order valence-corrected chi connectivity index (χ1v) is 10.5. The first-order chi connectivity index (χ1) is 14.6. The van der Waals surface area contributed by atoms with Crippen molar-refractivity contribution >= 4 is 16.8 Å². The van der Waals surface area contributed by atoms with Crippen molar-refractivity contribution in [2.24, 2.45) is 0 Å². The lowest BCUT2D eigenvalue weighted by Crippen LogP contribution is -2.46. The molecule has 1 amide bonds. The van der Waals surface area contributed by atoms with Gasteiger partial charge in [-0.2, -0.15) is 5.10 Å². The first kappa shape index (κ1) is 20.5. The number of carbonyl (C=O) groups excluding carboxylic acids is 1. The van der Waals surface area contributed by atoms with Gasteiger partial charge in [-0.25, -0.2) is 0 Å². The second-order valence-corrected chi connectivity index (χ2v) is 7.97. The van der Waals surface area contributed by atoms with Crippen molar-refractivity contribution in [1.82, 2.24) is 24.9 Å². The number of nitrogens with zero attached hydrogens (tertiary/aromatic N) is 4. The summed E-state index contributed by atoms with van der Waals surface area (Å²) in [6.45, 7) is 4.74. The predicted molar refractivity (Wildman–Crippen MR) is 117 cm³/mol. The maximum absolute atomic E-state index is 13.1. The SMILES string of the molecule is CN1CCN(Cc2ccccc2)CC(NC(=O)c2nn(CCO)c3ccccc23)C1. The molecule has 1 unspecified atom stereocenters. The third-order valence-electron chi connectivity index (χ3n) is 5.58. The molecule has 0 saturated carbocycles. The largest absolute Gasteiger partial charge is 0.394 e. The molecular weight excluding hydrogens is 378 g/mol. The first-order valence-electron chi connectivity index (χ1n) is 10.5. The van der Waals surface area contributed by atoms with Gasteiger partial charge in [0.2, 0.25) is 0 Å². The van der Waals surface area contributed by atoms with Crippen LogP contribution in [-0.4, -0.2) is 76.5 Å². The Morgan fingerprint density at radius 1 is 1.10 bits per heavy atom. The summed E-state index contributed by atoms with van der Waals surface area (Å²) >= 11 is 0. The Labute approximate surface area is 176 Å². The standard InChI is InChI=1S/C23H29N5O2/c1-26-11-12-27(15-18-7-3-2-4-8-18)17-19(16-26)24-23(30)22-20-9-5-6-10-21(20)28(25-22)13-14-29/h2-10,19,29H,11-17H2,1H3,(H,24,30). The van der Waals surface area contributed by atoms with Gasteiger partial charge in [-0.3, -0.25) is 14.4 Å². The van der Waals surface area contributed by atoms with Crippen LogP contribution < -0.4 is 5.32 Å². The van der Waals surface area contributed by atoms with Crippen LogP contribution in [0.15, 0.2) is 54.6 Å². The number of fused-ring (bicyclic) bond motifs is 1. The number of aliphatic hydroxyl groups excluding tert-OH is 1. The van der Waals surface area contributed by atoms with Gasteiger partial charge in [-0.05, 0) is 18.7 Å². The number of hydrogen-bond acceptors (Lipinski definition) is 5. The molecule has 0 spiro atoms. The van der Waals surface area contributed by atoms with Crippen LogP contribution >= 0.6 is 0 Å². The van der Waals surface area contributed by atoms with Crippen molar-refractivity contribution in [1.29, 1.82) is 0 Å².